The van der Waals surface area contributed by atoms with Gasteiger partial charge in [0, 0.05) is 11.1 Å². The zero-order valence-corrected chi connectivity index (χ0v) is 21.0. The molecule has 0 amide bonds. The number of para-hydroxylation sites is 1. The van der Waals surface area contributed by atoms with Crippen LogP contribution in [0.2, 0.25) is 0 Å². The number of carbonyl (C=O) groups excluding carboxylic acids is 3. The molecule has 0 saturated heterocycles. The van der Waals surface area contributed by atoms with Gasteiger partial charge in [-0.25, -0.2) is 0 Å². The molecule has 1 aliphatic heterocycles. The monoisotopic (exact) mass is 506 g/mol. The molecule has 6 heteroatoms. The van der Waals surface area contributed by atoms with E-state index in [-0.39, 0.29) is 5.78 Å². The van der Waals surface area contributed by atoms with Crippen molar-refractivity contribution in [3.05, 3.63) is 125 Å². The summed E-state index contributed by atoms with van der Waals surface area (Å²) in [6.07, 6.45) is -0.872. The fourth-order valence-corrected chi connectivity index (χ4v) is 4.86. The van der Waals surface area contributed by atoms with Crippen LogP contribution in [0, 0.1) is 11.8 Å². The Labute approximate surface area is 220 Å². The molecule has 1 heterocycles. The molecule has 3 unspecified atom stereocenters. The lowest BCUT2D eigenvalue weighted by Crippen LogP contribution is -2.43. The summed E-state index contributed by atoms with van der Waals surface area (Å²) in [4.78, 5) is 42.3. The minimum absolute atomic E-state index is 0.306. The van der Waals surface area contributed by atoms with Crippen molar-refractivity contribution < 1.29 is 28.6 Å². The van der Waals surface area contributed by atoms with Crippen LogP contribution in [-0.4, -0.2) is 31.6 Å². The van der Waals surface area contributed by atoms with Crippen molar-refractivity contribution in [2.75, 3.05) is 14.2 Å². The van der Waals surface area contributed by atoms with Crippen molar-refractivity contribution in [1.82, 2.24) is 0 Å². The topological polar surface area (TPSA) is 78.9 Å². The van der Waals surface area contributed by atoms with Gasteiger partial charge in [-0.3, -0.25) is 14.4 Å². The maximum Gasteiger partial charge on any atom is 0.174 e. The van der Waals surface area contributed by atoms with Crippen molar-refractivity contribution in [2.45, 2.75) is 6.10 Å². The number of Topliss-reactive ketones (excluding diaryl/α,β-unsaturated/α-hetero) is 3. The lowest BCUT2D eigenvalue weighted by atomic mass is 9.71. The van der Waals surface area contributed by atoms with Crippen molar-refractivity contribution in [3.8, 4) is 17.2 Å². The van der Waals surface area contributed by atoms with E-state index in [9.17, 15) is 14.4 Å². The first-order chi connectivity index (χ1) is 18.5. The van der Waals surface area contributed by atoms with E-state index in [4.69, 9.17) is 14.2 Å². The molecular weight excluding hydrogens is 480 g/mol. The number of hydrogen-bond acceptors (Lipinski definition) is 6. The predicted molar refractivity (Wildman–Crippen MR) is 142 cm³/mol. The van der Waals surface area contributed by atoms with E-state index in [0.717, 1.165) is 0 Å². The maximum absolute atomic E-state index is 14.1. The van der Waals surface area contributed by atoms with Crippen molar-refractivity contribution in [1.29, 1.82) is 0 Å². The number of ketones is 3. The molecule has 38 heavy (non-hydrogen) atoms. The summed E-state index contributed by atoms with van der Waals surface area (Å²) in [6.45, 7) is 0. The highest BCUT2D eigenvalue weighted by Gasteiger charge is 2.49. The molecule has 0 saturated carbocycles. The number of methoxy groups -OCH3 is 2. The third-order valence-electron chi connectivity index (χ3n) is 6.84. The summed E-state index contributed by atoms with van der Waals surface area (Å²) in [6, 6.07) is 29.1. The summed E-state index contributed by atoms with van der Waals surface area (Å²) in [5.74, 6) is -2.00. The molecule has 0 aliphatic carbocycles. The second-order valence-electron chi connectivity index (χ2n) is 9.00. The van der Waals surface area contributed by atoms with Gasteiger partial charge in [0.1, 0.15) is 23.4 Å². The van der Waals surface area contributed by atoms with Gasteiger partial charge in [0.2, 0.25) is 0 Å². The molecule has 5 rings (SSSR count). The molecule has 4 aromatic rings. The van der Waals surface area contributed by atoms with Crippen molar-refractivity contribution >= 4 is 17.3 Å². The third-order valence-corrected chi connectivity index (χ3v) is 6.84. The summed E-state index contributed by atoms with van der Waals surface area (Å²) >= 11 is 0. The average Bonchev–Trinajstić information content (AvgIpc) is 2.98. The average molecular weight is 507 g/mol. The molecule has 4 aromatic carbocycles. The highest BCUT2D eigenvalue weighted by Crippen LogP contribution is 2.44. The van der Waals surface area contributed by atoms with E-state index < -0.39 is 29.5 Å². The number of hydrogen-bond donors (Lipinski definition) is 0. The van der Waals surface area contributed by atoms with Gasteiger partial charge in [-0.15, -0.1) is 0 Å². The molecule has 0 bridgehead atoms. The summed E-state index contributed by atoms with van der Waals surface area (Å²) < 4.78 is 16.9. The highest BCUT2D eigenvalue weighted by molar-refractivity contribution is 6.20. The van der Waals surface area contributed by atoms with Crippen LogP contribution in [0.1, 0.15) is 42.7 Å². The molecule has 0 radical (unpaired) electrons. The number of fused-ring (bicyclic) bond motifs is 1. The van der Waals surface area contributed by atoms with E-state index in [0.29, 0.717) is 39.5 Å². The van der Waals surface area contributed by atoms with E-state index in [1.54, 1.807) is 110 Å². The number of carbonyl (C=O) groups is 3. The Morgan fingerprint density at radius 3 is 1.82 bits per heavy atom. The number of ether oxygens (including phenoxy) is 3. The van der Waals surface area contributed by atoms with Crippen LogP contribution in [0.5, 0.6) is 17.2 Å². The summed E-state index contributed by atoms with van der Waals surface area (Å²) in [5, 5.41) is 0. The van der Waals surface area contributed by atoms with Crippen molar-refractivity contribution in [2.24, 2.45) is 11.8 Å². The summed E-state index contributed by atoms with van der Waals surface area (Å²) in [5.41, 5.74) is 1.66. The van der Waals surface area contributed by atoms with Crippen LogP contribution in [0.3, 0.4) is 0 Å². The quantitative estimate of drug-likeness (QED) is 0.215. The van der Waals surface area contributed by atoms with Gasteiger partial charge >= 0.3 is 0 Å². The van der Waals surface area contributed by atoms with Crippen LogP contribution in [-0.2, 0) is 0 Å². The van der Waals surface area contributed by atoms with Gasteiger partial charge in [0.25, 0.3) is 0 Å². The lowest BCUT2D eigenvalue weighted by Gasteiger charge is -2.36. The first-order valence-electron chi connectivity index (χ1n) is 12.2. The minimum atomic E-state index is -1.32. The fraction of sp³-hybridized carbons (Fsp3) is 0.156. The van der Waals surface area contributed by atoms with Gasteiger partial charge < -0.3 is 14.2 Å². The van der Waals surface area contributed by atoms with Gasteiger partial charge in [0.15, 0.2) is 17.3 Å². The molecule has 6 nitrogen and oxygen atoms in total. The van der Waals surface area contributed by atoms with Gasteiger partial charge in [-0.05, 0) is 54.1 Å². The molecular formula is C32H26O6. The van der Waals surface area contributed by atoms with Crippen LogP contribution in [0.4, 0.5) is 0 Å². The minimum Gasteiger partial charge on any atom is -0.497 e. The molecule has 0 aromatic heterocycles. The largest absolute Gasteiger partial charge is 0.497 e. The Balaban J connectivity index is 1.67. The molecule has 0 spiro atoms. The zero-order chi connectivity index (χ0) is 26.6. The highest BCUT2D eigenvalue weighted by atomic mass is 16.5. The van der Waals surface area contributed by atoms with Gasteiger partial charge in [-0.1, -0.05) is 54.6 Å². The van der Waals surface area contributed by atoms with Crippen LogP contribution >= 0.6 is 0 Å². The number of benzene rings is 4. The summed E-state index contributed by atoms with van der Waals surface area (Å²) in [7, 11) is 3.10. The first kappa shape index (κ1) is 25.0. The zero-order valence-electron chi connectivity index (χ0n) is 21.0. The Morgan fingerprint density at radius 2 is 1.21 bits per heavy atom. The normalized spacial score (nSPS) is 17.1. The Bertz CT molecular complexity index is 1460. The molecule has 0 fully saturated rings. The third kappa shape index (κ3) is 4.68. The standard InChI is InChI=1S/C32H26O6/c1-36-23-16-12-21(13-17-23)30(34)27(29(33)20-8-4-3-5-9-20)28-31(35)25-10-6-7-11-26(25)38-32(28)22-14-18-24(37-2)19-15-22/h3-19,27-28,32H,1-2H3. The first-order valence-corrected chi connectivity index (χ1v) is 12.2. The van der Waals surface area contributed by atoms with Crippen LogP contribution < -0.4 is 14.2 Å². The van der Waals surface area contributed by atoms with Crippen LogP contribution in [0.25, 0.3) is 0 Å². The van der Waals surface area contributed by atoms with Gasteiger partial charge in [-0.2, -0.15) is 0 Å². The fourth-order valence-electron chi connectivity index (χ4n) is 4.86. The Kier molecular flexibility index (Phi) is 7.05. The Hall–Kier alpha value is -4.71. The number of rotatable bonds is 8. The van der Waals surface area contributed by atoms with Gasteiger partial charge in [0.05, 0.1) is 31.6 Å². The van der Waals surface area contributed by atoms with E-state index in [2.05, 4.69) is 0 Å². The second-order valence-corrected chi connectivity index (χ2v) is 9.00. The smallest absolute Gasteiger partial charge is 0.174 e. The molecule has 3 atom stereocenters. The van der Waals surface area contributed by atoms with Crippen molar-refractivity contribution in [3.63, 3.8) is 0 Å². The van der Waals surface area contributed by atoms with E-state index >= 15 is 0 Å². The molecule has 0 N–H and O–H groups in total. The van der Waals surface area contributed by atoms with Crippen LogP contribution in [0.15, 0.2) is 103 Å². The molecule has 1 aliphatic rings. The molecule has 190 valence electrons. The second kappa shape index (κ2) is 10.7. The van der Waals surface area contributed by atoms with E-state index in [1.807, 2.05) is 0 Å². The lowest BCUT2D eigenvalue weighted by molar-refractivity contribution is 0.0428. The van der Waals surface area contributed by atoms with E-state index in [1.165, 1.54) is 7.11 Å². The SMILES string of the molecule is COc1ccc(C(=O)C(C(=O)c2ccccc2)C2C(=O)c3ccccc3OC2c2ccc(OC)cc2)cc1. The Morgan fingerprint density at radius 1 is 0.684 bits per heavy atom. The predicted octanol–water partition coefficient (Wildman–Crippen LogP) is 6.02. The maximum atomic E-state index is 14.1.